The van der Waals surface area contributed by atoms with Crippen molar-refractivity contribution < 1.29 is 4.39 Å². The number of benzene rings is 1. The lowest BCUT2D eigenvalue weighted by Gasteiger charge is -2.26. The number of nitrogens with two attached hydrogens (primary N) is 1. The summed E-state index contributed by atoms with van der Waals surface area (Å²) in [5.74, 6) is 0.905. The van der Waals surface area contributed by atoms with Gasteiger partial charge in [-0.3, -0.25) is 0 Å². The second kappa shape index (κ2) is 7.12. The molecule has 0 amide bonds. The lowest BCUT2D eigenvalue weighted by atomic mass is 10.0. The van der Waals surface area contributed by atoms with E-state index in [1.165, 1.54) is 6.07 Å². The predicted octanol–water partition coefficient (Wildman–Crippen LogP) is 3.17. The molecule has 146 valence electrons. The Morgan fingerprint density at radius 1 is 1.07 bits per heavy atom. The summed E-state index contributed by atoms with van der Waals surface area (Å²) in [4.78, 5) is 14.8. The van der Waals surface area contributed by atoms with Crippen LogP contribution in [0.1, 0.15) is 35.7 Å². The Labute approximate surface area is 167 Å². The first-order chi connectivity index (χ1) is 14.2. The van der Waals surface area contributed by atoms with Crippen LogP contribution in [-0.2, 0) is 6.42 Å². The van der Waals surface area contributed by atoms with Crippen molar-refractivity contribution in [2.24, 2.45) is 0 Å². The van der Waals surface area contributed by atoms with Crippen LogP contribution in [-0.4, -0.2) is 31.1 Å². The van der Waals surface area contributed by atoms with Crippen LogP contribution in [0.25, 0.3) is 5.65 Å². The maximum absolute atomic E-state index is 13.7. The van der Waals surface area contributed by atoms with Crippen LogP contribution in [0.5, 0.6) is 0 Å². The molecule has 1 aromatic carbocycles. The SMILES string of the molecule is Nc1ncc(Cc2cnc3ccc(N4CCCC4c4cccc(F)c4)nn23)cn1. The molecule has 1 fully saturated rings. The van der Waals surface area contributed by atoms with Crippen molar-refractivity contribution >= 4 is 17.4 Å². The van der Waals surface area contributed by atoms with Crippen molar-refractivity contribution in [2.75, 3.05) is 17.2 Å². The third-order valence-electron chi connectivity index (χ3n) is 5.31. The summed E-state index contributed by atoms with van der Waals surface area (Å²) in [6, 6.07) is 10.9. The third kappa shape index (κ3) is 3.37. The largest absolute Gasteiger partial charge is 0.368 e. The summed E-state index contributed by atoms with van der Waals surface area (Å²) in [5.41, 5.74) is 9.21. The lowest BCUT2D eigenvalue weighted by molar-refractivity contribution is 0.617. The molecule has 3 aromatic heterocycles. The Bertz CT molecular complexity index is 1160. The van der Waals surface area contributed by atoms with Gasteiger partial charge in [-0.15, -0.1) is 5.10 Å². The smallest absolute Gasteiger partial charge is 0.219 e. The maximum atomic E-state index is 13.7. The normalized spacial score (nSPS) is 16.6. The minimum atomic E-state index is -0.208. The molecule has 0 bridgehead atoms. The summed E-state index contributed by atoms with van der Waals surface area (Å²) < 4.78 is 15.6. The Morgan fingerprint density at radius 3 is 2.76 bits per heavy atom. The van der Waals surface area contributed by atoms with E-state index in [-0.39, 0.29) is 17.8 Å². The van der Waals surface area contributed by atoms with Gasteiger partial charge in [0.05, 0.1) is 17.9 Å². The van der Waals surface area contributed by atoms with Gasteiger partial charge in [0.15, 0.2) is 5.65 Å². The van der Waals surface area contributed by atoms with Crippen LogP contribution in [0.3, 0.4) is 0 Å². The van der Waals surface area contributed by atoms with Crippen LogP contribution in [0.4, 0.5) is 16.2 Å². The topological polar surface area (TPSA) is 85.2 Å². The van der Waals surface area contributed by atoms with E-state index in [1.54, 1.807) is 24.5 Å². The zero-order valence-electron chi connectivity index (χ0n) is 15.7. The molecule has 0 saturated carbocycles. The molecule has 5 rings (SSSR count). The minimum Gasteiger partial charge on any atom is -0.368 e. The van der Waals surface area contributed by atoms with Crippen LogP contribution in [0, 0.1) is 5.82 Å². The number of fused-ring (bicyclic) bond motifs is 1. The van der Waals surface area contributed by atoms with Crippen LogP contribution >= 0.6 is 0 Å². The van der Waals surface area contributed by atoms with Gasteiger partial charge >= 0.3 is 0 Å². The molecular formula is C21H20FN7. The van der Waals surface area contributed by atoms with Crippen molar-refractivity contribution in [1.82, 2.24) is 24.6 Å². The molecule has 1 saturated heterocycles. The van der Waals surface area contributed by atoms with Crippen molar-refractivity contribution in [3.63, 3.8) is 0 Å². The van der Waals surface area contributed by atoms with E-state index < -0.39 is 0 Å². The van der Waals surface area contributed by atoms with Crippen molar-refractivity contribution in [3.8, 4) is 0 Å². The Balaban J connectivity index is 1.48. The van der Waals surface area contributed by atoms with E-state index in [9.17, 15) is 4.39 Å². The monoisotopic (exact) mass is 389 g/mol. The number of rotatable bonds is 4. The van der Waals surface area contributed by atoms with E-state index in [0.717, 1.165) is 47.7 Å². The van der Waals surface area contributed by atoms with Crippen LogP contribution in [0.15, 0.2) is 55.0 Å². The van der Waals surface area contributed by atoms with Crippen molar-refractivity contribution in [2.45, 2.75) is 25.3 Å². The van der Waals surface area contributed by atoms with Gasteiger partial charge in [0.25, 0.3) is 0 Å². The molecule has 0 aliphatic carbocycles. The molecule has 4 aromatic rings. The van der Waals surface area contributed by atoms with Gasteiger partial charge in [-0.25, -0.2) is 23.9 Å². The zero-order chi connectivity index (χ0) is 19.8. The summed E-state index contributed by atoms with van der Waals surface area (Å²) in [6.07, 6.45) is 7.86. The predicted molar refractivity (Wildman–Crippen MR) is 108 cm³/mol. The second-order valence-corrected chi connectivity index (χ2v) is 7.24. The molecule has 4 heterocycles. The number of hydrogen-bond donors (Lipinski definition) is 1. The van der Waals surface area contributed by atoms with Crippen LogP contribution in [0.2, 0.25) is 0 Å². The fourth-order valence-corrected chi connectivity index (χ4v) is 3.95. The summed E-state index contributed by atoms with van der Waals surface area (Å²) in [5, 5.41) is 4.85. The van der Waals surface area contributed by atoms with Gasteiger partial charge in [-0.1, -0.05) is 12.1 Å². The molecule has 1 aliphatic rings. The molecule has 8 heteroatoms. The number of nitrogens with zero attached hydrogens (tertiary/aromatic N) is 6. The Kier molecular flexibility index (Phi) is 4.31. The summed E-state index contributed by atoms with van der Waals surface area (Å²) >= 11 is 0. The van der Waals surface area contributed by atoms with Gasteiger partial charge in [0, 0.05) is 25.4 Å². The summed E-state index contributed by atoms with van der Waals surface area (Å²) in [7, 11) is 0. The van der Waals surface area contributed by atoms with Crippen molar-refractivity contribution in [1.29, 1.82) is 0 Å². The second-order valence-electron chi connectivity index (χ2n) is 7.24. The first-order valence-electron chi connectivity index (χ1n) is 9.59. The number of anilines is 2. The molecule has 7 nitrogen and oxygen atoms in total. The first kappa shape index (κ1) is 17.5. The molecule has 1 atom stereocenters. The number of hydrogen-bond acceptors (Lipinski definition) is 6. The van der Waals surface area contributed by atoms with Gasteiger partial charge in [0.2, 0.25) is 5.95 Å². The van der Waals surface area contributed by atoms with Gasteiger partial charge in [0.1, 0.15) is 11.6 Å². The molecule has 29 heavy (non-hydrogen) atoms. The molecular weight excluding hydrogens is 369 g/mol. The van der Waals surface area contributed by atoms with E-state index in [4.69, 9.17) is 10.8 Å². The lowest BCUT2D eigenvalue weighted by Crippen LogP contribution is -2.24. The minimum absolute atomic E-state index is 0.119. The van der Waals surface area contributed by atoms with Crippen LogP contribution < -0.4 is 10.6 Å². The highest BCUT2D eigenvalue weighted by atomic mass is 19.1. The molecule has 0 spiro atoms. The summed E-state index contributed by atoms with van der Waals surface area (Å²) in [6.45, 7) is 0.884. The Hall–Kier alpha value is -3.55. The van der Waals surface area contributed by atoms with Crippen molar-refractivity contribution in [3.05, 3.63) is 77.6 Å². The molecule has 1 aliphatic heterocycles. The van der Waals surface area contributed by atoms with Gasteiger partial charge in [-0.2, -0.15) is 0 Å². The number of imidazole rings is 1. The zero-order valence-corrected chi connectivity index (χ0v) is 15.7. The van der Waals surface area contributed by atoms with E-state index in [1.807, 2.05) is 28.9 Å². The van der Waals surface area contributed by atoms with E-state index in [0.29, 0.717) is 6.42 Å². The highest BCUT2D eigenvalue weighted by Crippen LogP contribution is 2.35. The standard InChI is InChI=1S/C21H20FN7/c22-16-4-1-3-15(10-16)18-5-2-8-28(18)20-7-6-19-24-13-17(29(19)27-20)9-14-11-25-21(23)26-12-14/h1,3-4,6-7,10-13,18H,2,5,8-9H2,(H2,23,25,26). The molecule has 0 radical (unpaired) electrons. The fraction of sp³-hybridized carbons (Fsp3) is 0.238. The number of halogens is 1. The third-order valence-corrected chi connectivity index (χ3v) is 5.31. The maximum Gasteiger partial charge on any atom is 0.219 e. The average Bonchev–Trinajstić information content (AvgIpc) is 3.37. The molecule has 1 unspecified atom stereocenters. The number of nitrogen functional groups attached to an aromatic ring is 1. The van der Waals surface area contributed by atoms with E-state index >= 15 is 0 Å². The highest BCUT2D eigenvalue weighted by molar-refractivity contribution is 5.49. The number of aromatic nitrogens is 5. The first-order valence-corrected chi connectivity index (χ1v) is 9.59. The van der Waals surface area contributed by atoms with E-state index in [2.05, 4.69) is 19.9 Å². The molecule has 2 N–H and O–H groups in total. The fourth-order valence-electron chi connectivity index (χ4n) is 3.95. The average molecular weight is 389 g/mol. The Morgan fingerprint density at radius 2 is 1.93 bits per heavy atom. The van der Waals surface area contributed by atoms with Gasteiger partial charge < -0.3 is 10.6 Å². The van der Waals surface area contributed by atoms with Gasteiger partial charge in [-0.05, 0) is 48.2 Å². The quantitative estimate of drug-likeness (QED) is 0.577. The highest BCUT2D eigenvalue weighted by Gasteiger charge is 2.28.